The van der Waals surface area contributed by atoms with Crippen molar-refractivity contribution < 1.29 is 5.11 Å². The van der Waals surface area contributed by atoms with Crippen molar-refractivity contribution in [3.05, 3.63) is 48.0 Å². The van der Waals surface area contributed by atoms with Crippen molar-refractivity contribution >= 4 is 10.8 Å². The average Bonchev–Trinajstić information content (AvgIpc) is 2.36. The number of fused-ring (bicyclic) bond motifs is 1. The Morgan fingerprint density at radius 1 is 1.06 bits per heavy atom. The largest absolute Gasteiger partial charge is 0.396 e. The molecule has 1 heteroatoms. The fourth-order valence-electron chi connectivity index (χ4n) is 2.12. The summed E-state index contributed by atoms with van der Waals surface area (Å²) in [4.78, 5) is 0. The number of aliphatic hydroxyl groups excluding tert-OH is 1. The lowest BCUT2D eigenvalue weighted by atomic mass is 9.94. The highest BCUT2D eigenvalue weighted by Gasteiger charge is 2.08. The molecule has 1 nitrogen and oxygen atoms in total. The summed E-state index contributed by atoms with van der Waals surface area (Å²) in [7, 11) is 0. The number of benzene rings is 2. The summed E-state index contributed by atoms with van der Waals surface area (Å²) in [6, 6.07) is 14.8. The van der Waals surface area contributed by atoms with E-state index >= 15 is 0 Å². The minimum Gasteiger partial charge on any atom is -0.396 e. The highest BCUT2D eigenvalue weighted by molar-refractivity contribution is 5.85. The molecule has 0 aliphatic heterocycles. The maximum atomic E-state index is 9.26. The molecular weight excluding hydrogens is 196 g/mol. The van der Waals surface area contributed by atoms with Gasteiger partial charge in [0.1, 0.15) is 0 Å². The van der Waals surface area contributed by atoms with Crippen LogP contribution in [0.25, 0.3) is 10.8 Å². The van der Waals surface area contributed by atoms with Gasteiger partial charge in [-0.15, -0.1) is 0 Å². The molecular formula is C15H18O. The third kappa shape index (κ3) is 2.25. The van der Waals surface area contributed by atoms with Gasteiger partial charge >= 0.3 is 0 Å². The first kappa shape index (κ1) is 11.2. The standard InChI is InChI=1S/C15H18O/c1-2-12(11-16)10-14-8-5-7-13-6-3-4-9-15(13)14/h3-9,12,16H,2,10-11H2,1H3. The minimum atomic E-state index is 0.278. The van der Waals surface area contributed by atoms with E-state index in [1.165, 1.54) is 16.3 Å². The van der Waals surface area contributed by atoms with Crippen LogP contribution in [0.5, 0.6) is 0 Å². The Morgan fingerprint density at radius 2 is 1.81 bits per heavy atom. The number of hydrogen-bond acceptors (Lipinski definition) is 1. The predicted octanol–water partition coefficient (Wildman–Crippen LogP) is 3.40. The minimum absolute atomic E-state index is 0.278. The van der Waals surface area contributed by atoms with Crippen LogP contribution in [0.2, 0.25) is 0 Å². The molecule has 16 heavy (non-hydrogen) atoms. The lowest BCUT2D eigenvalue weighted by Crippen LogP contribution is -2.08. The SMILES string of the molecule is CCC(CO)Cc1cccc2ccccc12. The molecule has 0 radical (unpaired) electrons. The van der Waals surface area contributed by atoms with Crippen molar-refractivity contribution in [3.63, 3.8) is 0 Å². The van der Waals surface area contributed by atoms with E-state index in [0.717, 1.165) is 12.8 Å². The van der Waals surface area contributed by atoms with Crippen LogP contribution >= 0.6 is 0 Å². The van der Waals surface area contributed by atoms with Crippen LogP contribution in [0.4, 0.5) is 0 Å². The Balaban J connectivity index is 2.36. The van der Waals surface area contributed by atoms with Gasteiger partial charge in [-0.1, -0.05) is 55.8 Å². The molecule has 2 aromatic rings. The molecule has 0 amide bonds. The second-order valence-corrected chi connectivity index (χ2v) is 4.30. The summed E-state index contributed by atoms with van der Waals surface area (Å²) in [6.07, 6.45) is 1.99. The van der Waals surface area contributed by atoms with Crippen LogP contribution in [0.3, 0.4) is 0 Å². The molecule has 0 saturated heterocycles. The quantitative estimate of drug-likeness (QED) is 0.827. The summed E-state index contributed by atoms with van der Waals surface area (Å²) in [5, 5.41) is 11.9. The van der Waals surface area contributed by atoms with E-state index in [1.807, 2.05) is 0 Å². The molecule has 0 bridgehead atoms. The zero-order chi connectivity index (χ0) is 11.4. The van der Waals surface area contributed by atoms with Gasteiger partial charge in [-0.3, -0.25) is 0 Å². The monoisotopic (exact) mass is 214 g/mol. The van der Waals surface area contributed by atoms with Crippen molar-refractivity contribution in [2.24, 2.45) is 5.92 Å². The summed E-state index contributed by atoms with van der Waals surface area (Å²) in [6.45, 7) is 2.41. The Bertz CT molecular complexity index is 452. The molecule has 0 fully saturated rings. The molecule has 84 valence electrons. The number of hydrogen-bond donors (Lipinski definition) is 1. The Kier molecular flexibility index (Phi) is 3.58. The second kappa shape index (κ2) is 5.13. The average molecular weight is 214 g/mol. The normalized spacial score (nSPS) is 12.9. The van der Waals surface area contributed by atoms with Gasteiger partial charge in [-0.2, -0.15) is 0 Å². The lowest BCUT2D eigenvalue weighted by Gasteiger charge is -2.13. The van der Waals surface area contributed by atoms with Crippen LogP contribution in [0, 0.1) is 5.92 Å². The molecule has 2 aromatic carbocycles. The van der Waals surface area contributed by atoms with E-state index < -0.39 is 0 Å². The van der Waals surface area contributed by atoms with E-state index in [0.29, 0.717) is 5.92 Å². The summed E-state index contributed by atoms with van der Waals surface area (Å²) in [5.41, 5.74) is 1.35. The molecule has 1 atom stereocenters. The summed E-state index contributed by atoms with van der Waals surface area (Å²) < 4.78 is 0. The maximum Gasteiger partial charge on any atom is 0.0462 e. The van der Waals surface area contributed by atoms with Crippen LogP contribution in [-0.2, 0) is 6.42 Å². The Hall–Kier alpha value is -1.34. The molecule has 0 heterocycles. The van der Waals surface area contributed by atoms with Gasteiger partial charge in [0.15, 0.2) is 0 Å². The number of aliphatic hydroxyl groups is 1. The predicted molar refractivity (Wildman–Crippen MR) is 68.5 cm³/mol. The molecule has 0 aliphatic rings. The van der Waals surface area contributed by atoms with Crippen LogP contribution in [-0.4, -0.2) is 11.7 Å². The molecule has 0 aromatic heterocycles. The van der Waals surface area contributed by atoms with Crippen molar-refractivity contribution in [1.82, 2.24) is 0 Å². The first-order valence-corrected chi connectivity index (χ1v) is 5.92. The fraction of sp³-hybridized carbons (Fsp3) is 0.333. The van der Waals surface area contributed by atoms with E-state index in [1.54, 1.807) is 0 Å². The van der Waals surface area contributed by atoms with Gasteiger partial charge in [0.05, 0.1) is 0 Å². The molecule has 0 aliphatic carbocycles. The van der Waals surface area contributed by atoms with E-state index in [4.69, 9.17) is 0 Å². The van der Waals surface area contributed by atoms with E-state index in [2.05, 4.69) is 49.4 Å². The Morgan fingerprint density at radius 3 is 2.56 bits per heavy atom. The summed E-state index contributed by atoms with van der Waals surface area (Å²) in [5.74, 6) is 0.380. The van der Waals surface area contributed by atoms with Gasteiger partial charge in [-0.25, -0.2) is 0 Å². The first-order chi connectivity index (χ1) is 7.85. The van der Waals surface area contributed by atoms with Gasteiger partial charge in [0.2, 0.25) is 0 Å². The zero-order valence-corrected chi connectivity index (χ0v) is 9.69. The first-order valence-electron chi connectivity index (χ1n) is 5.92. The zero-order valence-electron chi connectivity index (χ0n) is 9.69. The fourth-order valence-corrected chi connectivity index (χ4v) is 2.12. The third-order valence-corrected chi connectivity index (χ3v) is 3.22. The smallest absolute Gasteiger partial charge is 0.0462 e. The van der Waals surface area contributed by atoms with Crippen LogP contribution in [0.15, 0.2) is 42.5 Å². The molecule has 2 rings (SSSR count). The lowest BCUT2D eigenvalue weighted by molar-refractivity contribution is 0.222. The molecule has 1 N–H and O–H groups in total. The number of rotatable bonds is 4. The van der Waals surface area contributed by atoms with Crippen LogP contribution < -0.4 is 0 Å². The van der Waals surface area contributed by atoms with E-state index in [-0.39, 0.29) is 6.61 Å². The van der Waals surface area contributed by atoms with Crippen LogP contribution in [0.1, 0.15) is 18.9 Å². The van der Waals surface area contributed by atoms with Gasteiger partial charge in [0, 0.05) is 6.61 Å². The van der Waals surface area contributed by atoms with E-state index in [9.17, 15) is 5.11 Å². The highest BCUT2D eigenvalue weighted by Crippen LogP contribution is 2.22. The molecule has 0 saturated carbocycles. The highest BCUT2D eigenvalue weighted by atomic mass is 16.3. The second-order valence-electron chi connectivity index (χ2n) is 4.30. The topological polar surface area (TPSA) is 20.2 Å². The van der Waals surface area contributed by atoms with Crippen molar-refractivity contribution in [3.8, 4) is 0 Å². The third-order valence-electron chi connectivity index (χ3n) is 3.22. The van der Waals surface area contributed by atoms with Gasteiger partial charge in [-0.05, 0) is 28.7 Å². The van der Waals surface area contributed by atoms with Crippen molar-refractivity contribution in [2.45, 2.75) is 19.8 Å². The van der Waals surface area contributed by atoms with Crippen molar-refractivity contribution in [1.29, 1.82) is 0 Å². The Labute approximate surface area is 96.7 Å². The summed E-state index contributed by atoms with van der Waals surface area (Å²) >= 11 is 0. The van der Waals surface area contributed by atoms with Crippen molar-refractivity contribution in [2.75, 3.05) is 6.61 Å². The van der Waals surface area contributed by atoms with Gasteiger partial charge < -0.3 is 5.11 Å². The van der Waals surface area contributed by atoms with Gasteiger partial charge in [0.25, 0.3) is 0 Å². The molecule has 1 unspecified atom stereocenters. The molecule has 0 spiro atoms. The maximum absolute atomic E-state index is 9.26.